The van der Waals surface area contributed by atoms with Crippen molar-refractivity contribution in [1.82, 2.24) is 0 Å². The number of Topliss-reactive ketones (excluding diaryl/α,β-unsaturated/α-hetero) is 1. The van der Waals surface area contributed by atoms with Gasteiger partial charge in [0.25, 0.3) is 0 Å². The third kappa shape index (κ3) is 5.36. The first kappa shape index (κ1) is 19.1. The van der Waals surface area contributed by atoms with Gasteiger partial charge in [-0.2, -0.15) is 5.10 Å². The molecule has 0 heterocycles. The van der Waals surface area contributed by atoms with Crippen LogP contribution in [-0.4, -0.2) is 22.3 Å². The Labute approximate surface area is 150 Å². The quantitative estimate of drug-likeness (QED) is 0.414. The van der Waals surface area contributed by atoms with E-state index in [0.29, 0.717) is 48.1 Å². The third-order valence-electron chi connectivity index (χ3n) is 4.02. The summed E-state index contributed by atoms with van der Waals surface area (Å²) in [7, 11) is 2.49. The molecule has 0 aliphatic heterocycles. The third-order valence-corrected chi connectivity index (χ3v) is 4.46. The number of nitrogens with zero attached hydrogens (tertiary/aromatic N) is 1. The fourth-order valence-corrected chi connectivity index (χ4v) is 2.75. The van der Waals surface area contributed by atoms with E-state index in [1.807, 2.05) is 32.1 Å². The fourth-order valence-electron chi connectivity index (χ4n) is 2.38. The van der Waals surface area contributed by atoms with E-state index in [9.17, 15) is 9.90 Å². The van der Waals surface area contributed by atoms with Crippen LogP contribution in [0.3, 0.4) is 0 Å². The summed E-state index contributed by atoms with van der Waals surface area (Å²) in [5.74, 6) is 0.311. The van der Waals surface area contributed by atoms with Gasteiger partial charge in [-0.05, 0) is 37.1 Å². The van der Waals surface area contributed by atoms with Crippen molar-refractivity contribution in [3.63, 3.8) is 0 Å². The lowest BCUT2D eigenvalue weighted by molar-refractivity contribution is -0.118. The summed E-state index contributed by atoms with van der Waals surface area (Å²) in [5.41, 5.74) is 6.32. The molecule has 6 heteroatoms. The van der Waals surface area contributed by atoms with Crippen LogP contribution in [-0.2, 0) is 11.2 Å². The molecule has 0 saturated carbocycles. The number of rotatable bonds is 6. The van der Waals surface area contributed by atoms with Crippen molar-refractivity contribution in [3.8, 4) is 5.75 Å². The van der Waals surface area contributed by atoms with Gasteiger partial charge in [0.2, 0.25) is 0 Å². The maximum Gasteiger partial charge on any atom is 0.147 e. The Morgan fingerprint density at radius 2 is 2.16 bits per heavy atom. The summed E-state index contributed by atoms with van der Waals surface area (Å²) in [6, 6.07) is 3.64. The average Bonchev–Trinajstić information content (AvgIpc) is 2.76. The van der Waals surface area contributed by atoms with Crippen LogP contribution in [0.2, 0.25) is 0 Å². The molecule has 0 spiro atoms. The Kier molecular flexibility index (Phi) is 6.65. The first-order chi connectivity index (χ1) is 11.9. The van der Waals surface area contributed by atoms with E-state index in [2.05, 4.69) is 19.8 Å². The van der Waals surface area contributed by atoms with Crippen molar-refractivity contribution in [2.45, 2.75) is 39.5 Å². The first-order valence-corrected chi connectivity index (χ1v) is 8.87. The number of nitrogens with one attached hydrogen (secondary N) is 2. The molecule has 0 amide bonds. The Balaban J connectivity index is 2.19. The SMILES string of the molecule is CCC(=O)CCc1cc(P)c(O)c(N/N=C2/C=CC(C)=CCC2=N)c1. The summed E-state index contributed by atoms with van der Waals surface area (Å²) in [4.78, 5) is 11.5. The Morgan fingerprint density at radius 1 is 1.40 bits per heavy atom. The molecule has 0 bridgehead atoms. The molecule has 0 saturated heterocycles. The van der Waals surface area contributed by atoms with Gasteiger partial charge in [-0.25, -0.2) is 0 Å². The molecule has 132 valence electrons. The van der Waals surface area contributed by atoms with Crippen LogP contribution in [0.25, 0.3) is 0 Å². The molecule has 3 N–H and O–H groups in total. The Morgan fingerprint density at radius 3 is 2.88 bits per heavy atom. The molecule has 1 atom stereocenters. The standard InChI is InChI=1S/C19H24N3O2P/c1-3-14(23)7-6-13-10-17(19(24)18(25)11-13)22-21-16-9-5-12(2)4-8-15(16)20/h4-5,9-11,20,22,24H,3,6-8,25H2,1-2H3/b20-15?,21-16-. The van der Waals surface area contributed by atoms with Crippen LogP contribution < -0.4 is 10.7 Å². The number of hydrogen-bond donors (Lipinski definition) is 3. The van der Waals surface area contributed by atoms with E-state index in [1.54, 1.807) is 12.1 Å². The van der Waals surface area contributed by atoms with Gasteiger partial charge in [-0.15, -0.1) is 9.24 Å². The molecule has 0 fully saturated rings. The van der Waals surface area contributed by atoms with E-state index < -0.39 is 0 Å². The summed E-state index contributed by atoms with van der Waals surface area (Å²) in [6.45, 7) is 3.84. The van der Waals surface area contributed by atoms with Crippen molar-refractivity contribution in [2.75, 3.05) is 5.43 Å². The molecular weight excluding hydrogens is 333 g/mol. The van der Waals surface area contributed by atoms with Crippen molar-refractivity contribution >= 4 is 37.4 Å². The number of anilines is 1. The minimum Gasteiger partial charge on any atom is -0.505 e. The molecule has 0 radical (unpaired) electrons. The highest BCUT2D eigenvalue weighted by Gasteiger charge is 2.10. The van der Waals surface area contributed by atoms with Crippen molar-refractivity contribution < 1.29 is 9.90 Å². The highest BCUT2D eigenvalue weighted by molar-refractivity contribution is 7.27. The monoisotopic (exact) mass is 357 g/mol. The minimum atomic E-state index is 0.0957. The number of carbonyl (C=O) groups excluding carboxylic acids is 1. The second-order valence-electron chi connectivity index (χ2n) is 6.05. The van der Waals surface area contributed by atoms with Gasteiger partial charge in [0.1, 0.15) is 17.2 Å². The average molecular weight is 357 g/mol. The number of ketones is 1. The Bertz CT molecular complexity index is 779. The number of phenolic OH excluding ortho intramolecular Hbond substituents is 1. The molecule has 1 aromatic carbocycles. The Hall–Kier alpha value is -2.26. The second-order valence-corrected chi connectivity index (χ2v) is 6.67. The maximum atomic E-state index is 11.5. The van der Waals surface area contributed by atoms with Crippen molar-refractivity contribution in [2.24, 2.45) is 5.10 Å². The topological polar surface area (TPSA) is 85.5 Å². The molecular formula is C19H24N3O2P. The van der Waals surface area contributed by atoms with Crippen LogP contribution in [0.4, 0.5) is 5.69 Å². The number of aromatic hydroxyl groups is 1. The van der Waals surface area contributed by atoms with Gasteiger partial charge in [-0.3, -0.25) is 10.2 Å². The molecule has 2 rings (SSSR count). The lowest BCUT2D eigenvalue weighted by Gasteiger charge is -2.11. The predicted molar refractivity (Wildman–Crippen MR) is 107 cm³/mol. The zero-order valence-corrected chi connectivity index (χ0v) is 15.7. The summed E-state index contributed by atoms with van der Waals surface area (Å²) >= 11 is 0. The molecule has 1 aliphatic rings. The predicted octanol–water partition coefficient (Wildman–Crippen LogP) is 3.50. The van der Waals surface area contributed by atoms with Crippen LogP contribution in [0, 0.1) is 5.41 Å². The van der Waals surface area contributed by atoms with E-state index in [0.717, 1.165) is 11.1 Å². The van der Waals surface area contributed by atoms with E-state index >= 15 is 0 Å². The molecule has 5 nitrogen and oxygen atoms in total. The van der Waals surface area contributed by atoms with Gasteiger partial charge in [0.05, 0.1) is 11.4 Å². The van der Waals surface area contributed by atoms with Crippen LogP contribution in [0.1, 0.15) is 38.7 Å². The van der Waals surface area contributed by atoms with Crippen molar-refractivity contribution in [3.05, 3.63) is 41.5 Å². The lowest BCUT2D eigenvalue weighted by atomic mass is 10.1. The summed E-state index contributed by atoms with van der Waals surface area (Å²) in [6.07, 6.45) is 7.85. The van der Waals surface area contributed by atoms with Gasteiger partial charge in [-0.1, -0.05) is 24.6 Å². The lowest BCUT2D eigenvalue weighted by Crippen LogP contribution is -2.11. The van der Waals surface area contributed by atoms with E-state index in [-0.39, 0.29) is 11.5 Å². The normalized spacial score (nSPS) is 15.9. The number of phenols is 1. The number of hydrogen-bond acceptors (Lipinski definition) is 5. The maximum absolute atomic E-state index is 11.5. The largest absolute Gasteiger partial charge is 0.505 e. The molecule has 1 unspecified atom stereocenters. The van der Waals surface area contributed by atoms with Crippen LogP contribution >= 0.6 is 9.24 Å². The first-order valence-electron chi connectivity index (χ1n) is 8.30. The minimum absolute atomic E-state index is 0.0957. The second kappa shape index (κ2) is 8.72. The smallest absolute Gasteiger partial charge is 0.147 e. The number of hydrazone groups is 1. The van der Waals surface area contributed by atoms with Gasteiger partial charge >= 0.3 is 0 Å². The number of aryl methyl sites for hydroxylation is 1. The zero-order chi connectivity index (χ0) is 18.4. The molecule has 25 heavy (non-hydrogen) atoms. The molecule has 1 aromatic rings. The van der Waals surface area contributed by atoms with E-state index in [1.165, 1.54) is 0 Å². The van der Waals surface area contributed by atoms with Crippen LogP contribution in [0.5, 0.6) is 5.75 Å². The van der Waals surface area contributed by atoms with Crippen molar-refractivity contribution in [1.29, 1.82) is 5.41 Å². The van der Waals surface area contributed by atoms with Gasteiger partial charge in [0, 0.05) is 24.6 Å². The highest BCUT2D eigenvalue weighted by Crippen LogP contribution is 2.25. The molecule has 0 aromatic heterocycles. The van der Waals surface area contributed by atoms with Crippen LogP contribution in [0.15, 0.2) is 41.0 Å². The highest BCUT2D eigenvalue weighted by atomic mass is 31.0. The van der Waals surface area contributed by atoms with Gasteiger partial charge in [0.15, 0.2) is 0 Å². The van der Waals surface area contributed by atoms with E-state index in [4.69, 9.17) is 5.41 Å². The molecule has 1 aliphatic carbocycles. The fraction of sp³-hybridized carbons (Fsp3) is 0.316. The summed E-state index contributed by atoms with van der Waals surface area (Å²) < 4.78 is 0. The number of allylic oxidation sites excluding steroid dienone is 4. The number of benzene rings is 1. The van der Waals surface area contributed by atoms with Gasteiger partial charge < -0.3 is 10.5 Å². The zero-order valence-electron chi connectivity index (χ0n) is 14.6. The summed E-state index contributed by atoms with van der Waals surface area (Å²) in [5, 5.41) is 23.2. The number of carbonyl (C=O) groups is 1.